The van der Waals surface area contributed by atoms with E-state index in [0.717, 1.165) is 5.56 Å². The highest BCUT2D eigenvalue weighted by Gasteiger charge is 2.16. The fourth-order valence-electron chi connectivity index (χ4n) is 1.77. The number of nitrogens with one attached hydrogen (secondary N) is 1. The van der Waals surface area contributed by atoms with Crippen molar-refractivity contribution in [2.24, 2.45) is 5.73 Å². The maximum Gasteiger partial charge on any atom is 0.215 e. The number of sulfonamides is 1. The zero-order valence-electron chi connectivity index (χ0n) is 11.8. The van der Waals surface area contributed by atoms with Crippen molar-refractivity contribution in [1.29, 1.82) is 0 Å². The number of ether oxygens (including phenoxy) is 2. The monoisotopic (exact) mass is 302 g/mol. The molecule has 0 bridgehead atoms. The lowest BCUT2D eigenvalue weighted by Crippen LogP contribution is -2.36. The molecule has 1 aromatic carbocycles. The Morgan fingerprint density at radius 1 is 1.25 bits per heavy atom. The molecule has 0 radical (unpaired) electrons. The quantitative estimate of drug-likeness (QED) is 0.681. The highest BCUT2D eigenvalue weighted by molar-refractivity contribution is 7.88. The molecule has 0 saturated carbocycles. The minimum Gasteiger partial charge on any atom is -0.382 e. The van der Waals surface area contributed by atoms with Crippen LogP contribution in [0.4, 0.5) is 0 Å². The molecule has 0 heterocycles. The fraction of sp³-hybridized carbons (Fsp3) is 0.538. The van der Waals surface area contributed by atoms with Crippen molar-refractivity contribution in [3.05, 3.63) is 35.4 Å². The summed E-state index contributed by atoms with van der Waals surface area (Å²) in [6, 6.07) is 7.23. The molecular weight excluding hydrogens is 280 g/mol. The van der Waals surface area contributed by atoms with E-state index in [1.54, 1.807) is 12.1 Å². The van der Waals surface area contributed by atoms with Crippen LogP contribution in [0.1, 0.15) is 11.1 Å². The molecule has 114 valence electrons. The van der Waals surface area contributed by atoms with Crippen LogP contribution >= 0.6 is 0 Å². The van der Waals surface area contributed by atoms with Crippen molar-refractivity contribution in [3.8, 4) is 0 Å². The van der Waals surface area contributed by atoms with E-state index in [9.17, 15) is 8.42 Å². The van der Waals surface area contributed by atoms with Gasteiger partial charge in [0.15, 0.2) is 0 Å². The van der Waals surface area contributed by atoms with Gasteiger partial charge in [-0.2, -0.15) is 0 Å². The molecule has 0 spiro atoms. The van der Waals surface area contributed by atoms with E-state index in [-0.39, 0.29) is 18.4 Å². The van der Waals surface area contributed by atoms with Crippen molar-refractivity contribution >= 4 is 10.0 Å². The molecule has 1 aromatic rings. The smallest absolute Gasteiger partial charge is 0.215 e. The van der Waals surface area contributed by atoms with Crippen molar-refractivity contribution in [2.75, 3.05) is 27.4 Å². The van der Waals surface area contributed by atoms with Crippen LogP contribution in [0.3, 0.4) is 0 Å². The van der Waals surface area contributed by atoms with Gasteiger partial charge in [0.25, 0.3) is 0 Å². The average molecular weight is 302 g/mol. The van der Waals surface area contributed by atoms with Crippen LogP contribution in [0, 0.1) is 0 Å². The van der Waals surface area contributed by atoms with Gasteiger partial charge >= 0.3 is 0 Å². The van der Waals surface area contributed by atoms with Crippen LogP contribution in [-0.2, 0) is 31.8 Å². The molecule has 1 unspecified atom stereocenters. The summed E-state index contributed by atoms with van der Waals surface area (Å²) in [5.74, 6) is -0.0935. The summed E-state index contributed by atoms with van der Waals surface area (Å²) >= 11 is 0. The lowest BCUT2D eigenvalue weighted by Gasteiger charge is -2.15. The molecule has 20 heavy (non-hydrogen) atoms. The Labute approximate surface area is 120 Å². The second kappa shape index (κ2) is 8.33. The largest absolute Gasteiger partial charge is 0.382 e. The summed E-state index contributed by atoms with van der Waals surface area (Å²) in [5.41, 5.74) is 7.14. The molecule has 6 nitrogen and oxygen atoms in total. The standard InChI is InChI=1S/C13H22N2O4S/c1-18-9-13(19-2)8-15-20(16,17)10-12-6-4-3-5-11(12)7-14/h3-6,13,15H,7-10,14H2,1-2H3. The summed E-state index contributed by atoms with van der Waals surface area (Å²) in [7, 11) is -0.377. The molecule has 0 aliphatic carbocycles. The number of benzene rings is 1. The predicted molar refractivity (Wildman–Crippen MR) is 77.6 cm³/mol. The van der Waals surface area contributed by atoms with Gasteiger partial charge < -0.3 is 15.2 Å². The average Bonchev–Trinajstić information content (AvgIpc) is 2.43. The van der Waals surface area contributed by atoms with Crippen LogP contribution < -0.4 is 10.5 Å². The van der Waals surface area contributed by atoms with Gasteiger partial charge in [0.05, 0.1) is 18.5 Å². The molecule has 0 saturated heterocycles. The molecule has 0 aromatic heterocycles. The third kappa shape index (κ3) is 5.56. The Hall–Kier alpha value is -0.990. The number of rotatable bonds is 9. The minimum atomic E-state index is -3.43. The summed E-state index contributed by atoms with van der Waals surface area (Å²) < 4.78 is 36.7. The number of methoxy groups -OCH3 is 2. The number of hydrogen-bond donors (Lipinski definition) is 2. The molecule has 0 aliphatic rings. The summed E-state index contributed by atoms with van der Waals surface area (Å²) in [4.78, 5) is 0. The van der Waals surface area contributed by atoms with Crippen LogP contribution in [-0.4, -0.2) is 41.9 Å². The van der Waals surface area contributed by atoms with Crippen LogP contribution in [0.15, 0.2) is 24.3 Å². The Morgan fingerprint density at radius 3 is 2.45 bits per heavy atom. The molecule has 1 rings (SSSR count). The molecule has 7 heteroatoms. The molecule has 0 amide bonds. The third-order valence-corrected chi connectivity index (χ3v) is 4.20. The Kier molecular flexibility index (Phi) is 7.11. The molecule has 0 aliphatic heterocycles. The first-order valence-electron chi connectivity index (χ1n) is 6.28. The zero-order valence-corrected chi connectivity index (χ0v) is 12.7. The van der Waals surface area contributed by atoms with Crippen LogP contribution in [0.5, 0.6) is 0 Å². The van der Waals surface area contributed by atoms with E-state index in [1.807, 2.05) is 12.1 Å². The zero-order chi connectivity index (χ0) is 15.0. The maximum atomic E-state index is 12.0. The van der Waals surface area contributed by atoms with E-state index in [2.05, 4.69) is 4.72 Å². The normalized spacial score (nSPS) is 13.3. The van der Waals surface area contributed by atoms with Crippen molar-refractivity contribution < 1.29 is 17.9 Å². The lowest BCUT2D eigenvalue weighted by molar-refractivity contribution is 0.0320. The van der Waals surface area contributed by atoms with Crippen molar-refractivity contribution in [3.63, 3.8) is 0 Å². The summed E-state index contributed by atoms with van der Waals surface area (Å²) in [5, 5.41) is 0. The van der Waals surface area contributed by atoms with E-state index in [1.165, 1.54) is 14.2 Å². The maximum absolute atomic E-state index is 12.0. The second-order valence-electron chi connectivity index (χ2n) is 4.39. The van der Waals surface area contributed by atoms with Gasteiger partial charge in [-0.25, -0.2) is 13.1 Å². The summed E-state index contributed by atoms with van der Waals surface area (Å²) in [6.07, 6.45) is -0.306. The highest BCUT2D eigenvalue weighted by atomic mass is 32.2. The highest BCUT2D eigenvalue weighted by Crippen LogP contribution is 2.11. The van der Waals surface area contributed by atoms with Gasteiger partial charge in [-0.15, -0.1) is 0 Å². The number of nitrogens with two attached hydrogens (primary N) is 1. The van der Waals surface area contributed by atoms with Gasteiger partial charge in [-0.3, -0.25) is 0 Å². The third-order valence-electron chi connectivity index (χ3n) is 2.90. The van der Waals surface area contributed by atoms with E-state index >= 15 is 0 Å². The van der Waals surface area contributed by atoms with Crippen LogP contribution in [0.2, 0.25) is 0 Å². The fourth-order valence-corrected chi connectivity index (χ4v) is 3.00. The Bertz CT molecular complexity index is 505. The molecule has 0 fully saturated rings. The second-order valence-corrected chi connectivity index (χ2v) is 6.20. The predicted octanol–water partition coefficient (Wildman–Crippen LogP) is 0.226. The SMILES string of the molecule is COCC(CNS(=O)(=O)Cc1ccccc1CN)OC. The summed E-state index contributed by atoms with van der Waals surface area (Å²) in [6.45, 7) is 0.825. The van der Waals surface area contributed by atoms with Gasteiger partial charge in [0.1, 0.15) is 0 Å². The molecule has 1 atom stereocenters. The Morgan fingerprint density at radius 2 is 1.90 bits per heavy atom. The first-order valence-corrected chi connectivity index (χ1v) is 7.93. The van der Waals surface area contributed by atoms with Gasteiger partial charge in [0, 0.05) is 27.3 Å². The molecular formula is C13H22N2O4S. The van der Waals surface area contributed by atoms with Crippen molar-refractivity contribution in [1.82, 2.24) is 4.72 Å². The van der Waals surface area contributed by atoms with E-state index in [4.69, 9.17) is 15.2 Å². The van der Waals surface area contributed by atoms with E-state index < -0.39 is 10.0 Å². The first kappa shape index (κ1) is 17.1. The van der Waals surface area contributed by atoms with E-state index in [0.29, 0.717) is 18.7 Å². The number of hydrogen-bond acceptors (Lipinski definition) is 5. The Balaban J connectivity index is 2.65. The first-order chi connectivity index (χ1) is 9.52. The van der Waals surface area contributed by atoms with Gasteiger partial charge in [0.2, 0.25) is 10.0 Å². The topological polar surface area (TPSA) is 90.7 Å². The molecule has 3 N–H and O–H groups in total. The van der Waals surface area contributed by atoms with Gasteiger partial charge in [-0.05, 0) is 11.1 Å². The van der Waals surface area contributed by atoms with Gasteiger partial charge in [-0.1, -0.05) is 24.3 Å². The minimum absolute atomic E-state index is 0.0935. The lowest BCUT2D eigenvalue weighted by atomic mass is 10.1. The van der Waals surface area contributed by atoms with Crippen LogP contribution in [0.25, 0.3) is 0 Å². The van der Waals surface area contributed by atoms with Crippen molar-refractivity contribution in [2.45, 2.75) is 18.4 Å².